The Bertz CT molecular complexity index is 1440. The average Bonchev–Trinajstić information content (AvgIpc) is 2.91. The Kier molecular flexibility index (Phi) is 9.62. The Hall–Kier alpha value is -4.99. The van der Waals surface area contributed by atoms with Gasteiger partial charge in [0.25, 0.3) is 0 Å². The zero-order valence-electron chi connectivity index (χ0n) is 22.6. The third-order valence-corrected chi connectivity index (χ3v) is 7.05. The van der Waals surface area contributed by atoms with Crippen LogP contribution in [0.5, 0.6) is 11.5 Å². The molecule has 0 saturated heterocycles. The minimum absolute atomic E-state index is 0.0282. The number of rotatable bonds is 8. The molecule has 11 N–H and O–H groups in total. The maximum absolute atomic E-state index is 12.9. The smallest absolute Gasteiger partial charge is 0.303 e. The van der Waals surface area contributed by atoms with Crippen molar-refractivity contribution in [1.29, 1.82) is 0 Å². The molecule has 4 rings (SSSR count). The molecule has 10 heteroatoms. The predicted octanol–water partition coefficient (Wildman–Crippen LogP) is 5.35. The van der Waals surface area contributed by atoms with E-state index in [-0.39, 0.29) is 40.9 Å². The van der Waals surface area contributed by atoms with Gasteiger partial charge in [-0.1, -0.05) is 31.2 Å². The van der Waals surface area contributed by atoms with Crippen LogP contribution in [0.4, 0.5) is 31.5 Å². The second-order valence-electron chi connectivity index (χ2n) is 9.96. The van der Waals surface area contributed by atoms with Crippen LogP contribution < -0.4 is 22.9 Å². The van der Waals surface area contributed by atoms with Gasteiger partial charge in [0.05, 0.1) is 11.4 Å². The summed E-state index contributed by atoms with van der Waals surface area (Å²) in [7, 11) is 0. The molecule has 0 bridgehead atoms. The van der Waals surface area contributed by atoms with E-state index < -0.39 is 11.4 Å². The normalized spacial score (nSPS) is 11.0. The van der Waals surface area contributed by atoms with E-state index in [2.05, 4.69) is 0 Å². The van der Waals surface area contributed by atoms with E-state index in [1.807, 2.05) is 6.92 Å². The van der Waals surface area contributed by atoms with E-state index in [0.29, 0.717) is 30.6 Å². The summed E-state index contributed by atoms with van der Waals surface area (Å²) in [4.78, 5) is 11.0. The molecule has 0 aliphatic carbocycles. The number of phenolic OH excluding ortho intramolecular Hbond substituents is 2. The molecule has 0 radical (unpaired) electrons. The number of hydrogen-bond acceptors (Lipinski definition) is 7. The number of hydrogen-bond donors (Lipinski definition) is 7. The molecule has 0 atom stereocenters. The molecule has 0 aliphatic rings. The molecule has 216 valence electrons. The molecule has 4 aromatic carbocycles. The fourth-order valence-electron chi connectivity index (χ4n) is 4.46. The van der Waals surface area contributed by atoms with Gasteiger partial charge in [-0.3, -0.25) is 4.79 Å². The molecule has 0 saturated carbocycles. The second kappa shape index (κ2) is 12.9. The highest BCUT2D eigenvalue weighted by Crippen LogP contribution is 2.40. The first-order chi connectivity index (χ1) is 19.3. The predicted molar refractivity (Wildman–Crippen MR) is 157 cm³/mol. The van der Waals surface area contributed by atoms with Crippen molar-refractivity contribution in [2.45, 2.75) is 38.0 Å². The summed E-state index contributed by atoms with van der Waals surface area (Å²) < 4.78 is 25.8. The standard InChI is InChI=1S/C17H20N2O4.C14H14F2N2/c1-17(7-6-16(22)23,10-2-4-14(20)12(18)8-10)11-3-5-15(21)13(19)9-11;15-11-5-3-9(13(17)7-11)1-2-10-4-6-12(16)8-14(10)18/h2-5,8-9,20-21H,6-7,18-19H2,1H3,(H,22,23);3-8H,1-2,17-18H2. The van der Waals surface area contributed by atoms with Gasteiger partial charge in [0.15, 0.2) is 0 Å². The third-order valence-electron chi connectivity index (χ3n) is 7.05. The molecule has 0 unspecified atom stereocenters. The Balaban J connectivity index is 0.000000232. The van der Waals surface area contributed by atoms with Crippen LogP contribution in [0.1, 0.15) is 42.0 Å². The third kappa shape index (κ3) is 7.78. The molecule has 0 aromatic heterocycles. The lowest BCUT2D eigenvalue weighted by Gasteiger charge is -2.31. The van der Waals surface area contributed by atoms with Crippen LogP contribution in [0.25, 0.3) is 0 Å². The molecule has 4 aromatic rings. The summed E-state index contributed by atoms with van der Waals surface area (Å²) in [5.74, 6) is -1.66. The van der Waals surface area contributed by atoms with Gasteiger partial charge in [0.2, 0.25) is 0 Å². The molecule has 0 amide bonds. The van der Waals surface area contributed by atoms with Gasteiger partial charge in [-0.2, -0.15) is 0 Å². The molecular formula is C31H34F2N4O4. The Labute approximate surface area is 236 Å². The SMILES string of the molecule is CC(CCC(=O)O)(c1ccc(O)c(N)c1)c1ccc(O)c(N)c1.Nc1cc(F)ccc1CCc1ccc(F)cc1N. The lowest BCUT2D eigenvalue weighted by atomic mass is 9.72. The number of aromatic hydroxyl groups is 2. The molecule has 8 nitrogen and oxygen atoms in total. The number of phenols is 2. The fraction of sp³-hybridized carbons (Fsp3) is 0.194. The number of halogens is 2. The zero-order valence-corrected chi connectivity index (χ0v) is 22.6. The lowest BCUT2D eigenvalue weighted by molar-refractivity contribution is -0.137. The number of nitrogens with two attached hydrogens (primary N) is 4. The van der Waals surface area contributed by atoms with Crippen LogP contribution in [0.2, 0.25) is 0 Å². The molecule has 0 aliphatic heterocycles. The van der Waals surface area contributed by atoms with Gasteiger partial charge in [-0.15, -0.1) is 0 Å². The van der Waals surface area contributed by atoms with Gasteiger partial charge in [-0.25, -0.2) is 8.78 Å². The van der Waals surface area contributed by atoms with E-state index >= 15 is 0 Å². The van der Waals surface area contributed by atoms with Crippen molar-refractivity contribution in [2.24, 2.45) is 0 Å². The summed E-state index contributed by atoms with van der Waals surface area (Å²) in [6.07, 6.45) is 1.55. The number of carboxylic acid groups (broad SMARTS) is 1. The van der Waals surface area contributed by atoms with Gasteiger partial charge >= 0.3 is 5.97 Å². The summed E-state index contributed by atoms with van der Waals surface area (Å²) in [6, 6.07) is 18.3. The number of nitrogen functional groups attached to an aromatic ring is 4. The van der Waals surface area contributed by atoms with E-state index in [9.17, 15) is 23.8 Å². The largest absolute Gasteiger partial charge is 0.506 e. The van der Waals surface area contributed by atoms with Crippen LogP contribution in [0, 0.1) is 11.6 Å². The van der Waals surface area contributed by atoms with Crippen molar-refractivity contribution >= 4 is 28.7 Å². The van der Waals surface area contributed by atoms with Crippen molar-refractivity contribution in [3.05, 3.63) is 107 Å². The topological polar surface area (TPSA) is 182 Å². The monoisotopic (exact) mass is 564 g/mol. The van der Waals surface area contributed by atoms with Gasteiger partial charge in [-0.05, 0) is 90.0 Å². The van der Waals surface area contributed by atoms with Crippen molar-refractivity contribution in [3.63, 3.8) is 0 Å². The van der Waals surface area contributed by atoms with E-state index in [1.54, 1.807) is 36.4 Å². The van der Waals surface area contributed by atoms with Crippen LogP contribution in [-0.2, 0) is 23.1 Å². The minimum Gasteiger partial charge on any atom is -0.506 e. The Morgan fingerprint density at radius 2 is 1.10 bits per heavy atom. The molecular weight excluding hydrogens is 530 g/mol. The maximum atomic E-state index is 12.9. The molecule has 0 spiro atoms. The highest BCUT2D eigenvalue weighted by atomic mass is 19.1. The van der Waals surface area contributed by atoms with Gasteiger partial charge in [0, 0.05) is 23.2 Å². The first-order valence-corrected chi connectivity index (χ1v) is 12.8. The molecule has 0 fully saturated rings. The number of benzene rings is 4. The fourth-order valence-corrected chi connectivity index (χ4v) is 4.46. The number of anilines is 4. The van der Waals surface area contributed by atoms with E-state index in [1.165, 1.54) is 36.4 Å². The average molecular weight is 565 g/mol. The first-order valence-electron chi connectivity index (χ1n) is 12.8. The summed E-state index contributed by atoms with van der Waals surface area (Å²) in [6.45, 7) is 1.88. The lowest BCUT2D eigenvalue weighted by Crippen LogP contribution is -2.25. The van der Waals surface area contributed by atoms with Crippen LogP contribution in [-0.4, -0.2) is 21.3 Å². The van der Waals surface area contributed by atoms with Gasteiger partial charge in [0.1, 0.15) is 23.1 Å². The second-order valence-corrected chi connectivity index (χ2v) is 9.96. The van der Waals surface area contributed by atoms with Crippen molar-refractivity contribution in [1.82, 2.24) is 0 Å². The van der Waals surface area contributed by atoms with Crippen molar-refractivity contribution < 1.29 is 28.9 Å². The number of carboxylic acids is 1. The summed E-state index contributed by atoms with van der Waals surface area (Å²) in [5.41, 5.74) is 26.8. The summed E-state index contributed by atoms with van der Waals surface area (Å²) >= 11 is 0. The molecule has 41 heavy (non-hydrogen) atoms. The number of aliphatic carboxylic acids is 1. The number of carbonyl (C=O) groups is 1. The van der Waals surface area contributed by atoms with Crippen LogP contribution >= 0.6 is 0 Å². The van der Waals surface area contributed by atoms with Crippen LogP contribution in [0.15, 0.2) is 72.8 Å². The quantitative estimate of drug-likeness (QED) is 0.110. The summed E-state index contributed by atoms with van der Waals surface area (Å²) in [5, 5.41) is 28.3. The van der Waals surface area contributed by atoms with Crippen LogP contribution in [0.3, 0.4) is 0 Å². The first kappa shape index (κ1) is 30.6. The van der Waals surface area contributed by atoms with E-state index in [4.69, 9.17) is 28.0 Å². The Morgan fingerprint density at radius 3 is 1.44 bits per heavy atom. The molecule has 0 heterocycles. The van der Waals surface area contributed by atoms with Crippen molar-refractivity contribution in [3.8, 4) is 11.5 Å². The maximum Gasteiger partial charge on any atom is 0.303 e. The highest BCUT2D eigenvalue weighted by molar-refractivity contribution is 5.67. The highest BCUT2D eigenvalue weighted by Gasteiger charge is 2.30. The zero-order chi connectivity index (χ0) is 30.3. The van der Waals surface area contributed by atoms with Crippen molar-refractivity contribution in [2.75, 3.05) is 22.9 Å². The van der Waals surface area contributed by atoms with Gasteiger partial charge < -0.3 is 38.3 Å². The minimum atomic E-state index is -0.908. The Morgan fingerprint density at radius 1 is 0.683 bits per heavy atom. The number of aryl methyl sites for hydroxylation is 2. The van der Waals surface area contributed by atoms with E-state index in [0.717, 1.165) is 22.3 Å².